The first-order valence-electron chi connectivity index (χ1n) is 8.25. The molecule has 1 aliphatic heterocycles. The summed E-state index contributed by atoms with van der Waals surface area (Å²) in [6.07, 6.45) is 3.84. The fourth-order valence-corrected chi connectivity index (χ4v) is 4.82. The number of halogens is 1. The van der Waals surface area contributed by atoms with Gasteiger partial charge in [-0.05, 0) is 37.1 Å². The van der Waals surface area contributed by atoms with Gasteiger partial charge in [0.15, 0.2) is 6.04 Å². The zero-order valence-corrected chi connectivity index (χ0v) is 14.3. The minimum absolute atomic E-state index is 0.0261. The zero-order valence-electron chi connectivity index (χ0n) is 13.4. The maximum Gasteiger partial charge on any atom is 0.235 e. The van der Waals surface area contributed by atoms with Crippen LogP contribution >= 0.6 is 11.3 Å². The van der Waals surface area contributed by atoms with Crippen LogP contribution in [0.3, 0.4) is 0 Å². The lowest BCUT2D eigenvalue weighted by molar-refractivity contribution is -0.933. The van der Waals surface area contributed by atoms with Crippen LogP contribution in [0.1, 0.15) is 36.2 Å². The molecule has 0 amide bonds. The summed E-state index contributed by atoms with van der Waals surface area (Å²) in [5.41, 5.74) is 1.01. The third-order valence-electron chi connectivity index (χ3n) is 4.82. The molecule has 126 valence electrons. The number of aromatic nitrogens is 3. The summed E-state index contributed by atoms with van der Waals surface area (Å²) in [5, 5.41) is 14.7. The summed E-state index contributed by atoms with van der Waals surface area (Å²) >= 11 is 1.46. The monoisotopic (exact) mass is 347 g/mol. The minimum Gasteiger partial charge on any atom is -0.492 e. The van der Waals surface area contributed by atoms with E-state index in [1.165, 1.54) is 45.6 Å². The second-order valence-electron chi connectivity index (χ2n) is 6.59. The Morgan fingerprint density at radius 3 is 2.88 bits per heavy atom. The number of aromatic hydroxyl groups is 1. The molecular weight excluding hydrogens is 327 g/mol. The fraction of sp³-hybridized carbons (Fsp3) is 0.412. The number of thiazole rings is 1. The van der Waals surface area contributed by atoms with Crippen LogP contribution in [0.25, 0.3) is 4.96 Å². The lowest BCUT2D eigenvalue weighted by atomic mass is 9.95. The van der Waals surface area contributed by atoms with Crippen molar-refractivity contribution in [2.45, 2.75) is 25.8 Å². The van der Waals surface area contributed by atoms with Gasteiger partial charge in [-0.3, -0.25) is 0 Å². The Labute approximate surface area is 143 Å². The van der Waals surface area contributed by atoms with Crippen molar-refractivity contribution >= 4 is 16.3 Å². The van der Waals surface area contributed by atoms with Crippen LogP contribution in [0.2, 0.25) is 0 Å². The Kier molecular flexibility index (Phi) is 3.97. The van der Waals surface area contributed by atoms with Crippen molar-refractivity contribution in [3.63, 3.8) is 0 Å². The molecule has 4 rings (SSSR count). The van der Waals surface area contributed by atoms with Crippen molar-refractivity contribution in [2.75, 3.05) is 13.1 Å². The Bertz CT molecular complexity index is 844. The highest BCUT2D eigenvalue weighted by Crippen LogP contribution is 2.35. The highest BCUT2D eigenvalue weighted by atomic mass is 32.1. The third-order valence-corrected chi connectivity index (χ3v) is 5.92. The molecule has 0 spiro atoms. The molecule has 3 aromatic rings. The first kappa shape index (κ1) is 15.5. The van der Waals surface area contributed by atoms with E-state index in [0.29, 0.717) is 10.9 Å². The molecule has 1 unspecified atom stereocenters. The maximum absolute atomic E-state index is 13.4. The van der Waals surface area contributed by atoms with E-state index in [-0.39, 0.29) is 17.7 Å². The van der Waals surface area contributed by atoms with E-state index >= 15 is 0 Å². The van der Waals surface area contributed by atoms with Crippen LogP contribution in [-0.2, 0) is 0 Å². The molecule has 2 aromatic heterocycles. The van der Waals surface area contributed by atoms with Crippen LogP contribution in [0.4, 0.5) is 4.39 Å². The van der Waals surface area contributed by atoms with Crippen LogP contribution < -0.4 is 4.90 Å². The number of piperidine rings is 1. The van der Waals surface area contributed by atoms with E-state index in [9.17, 15) is 9.50 Å². The molecule has 3 heterocycles. The summed E-state index contributed by atoms with van der Waals surface area (Å²) in [6.45, 7) is 4.35. The van der Waals surface area contributed by atoms with Gasteiger partial charge < -0.3 is 10.0 Å². The highest BCUT2D eigenvalue weighted by molar-refractivity contribution is 7.17. The van der Waals surface area contributed by atoms with Gasteiger partial charge >= 0.3 is 0 Å². The number of rotatable bonds is 3. The van der Waals surface area contributed by atoms with Crippen LogP contribution in [0, 0.1) is 11.7 Å². The van der Waals surface area contributed by atoms with Gasteiger partial charge in [0, 0.05) is 11.5 Å². The molecule has 0 bridgehead atoms. The molecule has 0 saturated carbocycles. The zero-order chi connectivity index (χ0) is 16.7. The summed E-state index contributed by atoms with van der Waals surface area (Å²) in [4.78, 5) is 7.12. The standard InChI is InChI=1S/C17H19FN4OS/c1-11-3-2-8-21(9-11)14(12-4-6-13(18)7-5-12)15-16(23)22-17(24-15)19-10-20-22/h4-7,10-11,14,23H,2-3,8-9H2,1H3/p+1/t11-,14+/m1/s1. The number of hydrogen-bond donors (Lipinski definition) is 2. The first-order chi connectivity index (χ1) is 11.6. The highest BCUT2D eigenvalue weighted by Gasteiger charge is 2.34. The van der Waals surface area contributed by atoms with Crippen LogP contribution in [-0.4, -0.2) is 32.8 Å². The molecule has 1 aliphatic rings. The van der Waals surface area contributed by atoms with Gasteiger partial charge in [0.05, 0.1) is 13.1 Å². The Balaban J connectivity index is 1.81. The molecule has 2 N–H and O–H groups in total. The van der Waals surface area contributed by atoms with Crippen molar-refractivity contribution in [3.05, 3.63) is 46.9 Å². The van der Waals surface area contributed by atoms with Crippen LogP contribution in [0.5, 0.6) is 5.88 Å². The van der Waals surface area contributed by atoms with Gasteiger partial charge in [-0.2, -0.15) is 9.61 Å². The van der Waals surface area contributed by atoms with Crippen molar-refractivity contribution in [2.24, 2.45) is 5.92 Å². The van der Waals surface area contributed by atoms with E-state index in [0.717, 1.165) is 30.0 Å². The molecule has 1 fully saturated rings. The predicted molar refractivity (Wildman–Crippen MR) is 89.9 cm³/mol. The molecule has 5 nitrogen and oxygen atoms in total. The lowest BCUT2D eigenvalue weighted by Crippen LogP contribution is -3.13. The minimum atomic E-state index is -0.244. The van der Waals surface area contributed by atoms with Crippen LogP contribution in [0.15, 0.2) is 30.6 Å². The number of likely N-dealkylation sites (tertiary alicyclic amines) is 1. The summed E-state index contributed by atoms with van der Waals surface area (Å²) in [5.74, 6) is 0.542. The third kappa shape index (κ3) is 2.67. The average Bonchev–Trinajstić information content (AvgIpc) is 3.14. The summed E-state index contributed by atoms with van der Waals surface area (Å²) < 4.78 is 14.9. The molecule has 0 aliphatic carbocycles. The molecule has 1 saturated heterocycles. The van der Waals surface area contributed by atoms with Gasteiger partial charge in [0.1, 0.15) is 17.0 Å². The molecule has 3 atom stereocenters. The normalized spacial score (nSPS) is 22.8. The number of quaternary nitrogens is 1. The van der Waals surface area contributed by atoms with E-state index in [1.807, 2.05) is 12.1 Å². The summed E-state index contributed by atoms with van der Waals surface area (Å²) in [6, 6.07) is 6.59. The van der Waals surface area contributed by atoms with E-state index in [2.05, 4.69) is 17.0 Å². The van der Waals surface area contributed by atoms with Crippen molar-refractivity contribution in [1.82, 2.24) is 14.6 Å². The number of fused-ring (bicyclic) bond motifs is 1. The topological polar surface area (TPSA) is 54.9 Å². The van der Waals surface area contributed by atoms with Gasteiger partial charge in [-0.25, -0.2) is 9.37 Å². The van der Waals surface area contributed by atoms with E-state index < -0.39 is 0 Å². The molecule has 24 heavy (non-hydrogen) atoms. The lowest BCUT2D eigenvalue weighted by Gasteiger charge is -2.34. The number of nitrogens with zero attached hydrogens (tertiary/aromatic N) is 3. The fourth-order valence-electron chi connectivity index (χ4n) is 3.70. The molecule has 7 heteroatoms. The first-order valence-corrected chi connectivity index (χ1v) is 9.06. The average molecular weight is 347 g/mol. The number of hydrogen-bond acceptors (Lipinski definition) is 4. The van der Waals surface area contributed by atoms with E-state index in [4.69, 9.17) is 0 Å². The molecular formula is C17H20FN4OS+. The Hall–Kier alpha value is -1.99. The van der Waals surface area contributed by atoms with Crippen molar-refractivity contribution < 1.29 is 14.4 Å². The largest absolute Gasteiger partial charge is 0.492 e. The Morgan fingerprint density at radius 1 is 1.38 bits per heavy atom. The maximum atomic E-state index is 13.4. The van der Waals surface area contributed by atoms with Crippen molar-refractivity contribution in [1.29, 1.82) is 0 Å². The van der Waals surface area contributed by atoms with Gasteiger partial charge in [0.25, 0.3) is 0 Å². The van der Waals surface area contributed by atoms with Crippen molar-refractivity contribution in [3.8, 4) is 5.88 Å². The quantitative estimate of drug-likeness (QED) is 0.762. The predicted octanol–water partition coefficient (Wildman–Crippen LogP) is 2.04. The summed E-state index contributed by atoms with van der Waals surface area (Å²) in [7, 11) is 0. The molecule has 1 aromatic carbocycles. The second kappa shape index (κ2) is 6.14. The second-order valence-corrected chi connectivity index (χ2v) is 7.60. The number of benzene rings is 1. The van der Waals surface area contributed by atoms with E-state index in [1.54, 1.807) is 0 Å². The number of nitrogens with one attached hydrogen (secondary N) is 1. The Morgan fingerprint density at radius 2 is 2.17 bits per heavy atom. The van der Waals surface area contributed by atoms with Gasteiger partial charge in [0.2, 0.25) is 10.8 Å². The van der Waals surface area contributed by atoms with Gasteiger partial charge in [-0.15, -0.1) is 0 Å². The SMILES string of the molecule is C[C@@H]1CCC[NH+]([C@@H](c2ccc(F)cc2)c2sc3ncnn3c2O)C1. The molecule has 0 radical (unpaired) electrons. The smallest absolute Gasteiger partial charge is 0.235 e. The van der Waals surface area contributed by atoms with Gasteiger partial charge in [-0.1, -0.05) is 18.3 Å².